The number of aromatic nitrogens is 2. The predicted molar refractivity (Wildman–Crippen MR) is 86.6 cm³/mol. The summed E-state index contributed by atoms with van der Waals surface area (Å²) in [5.41, 5.74) is 1.29. The number of hydrogen-bond donors (Lipinski definition) is 1. The Bertz CT molecular complexity index is 650. The molecule has 0 bridgehead atoms. The van der Waals surface area contributed by atoms with Gasteiger partial charge in [0, 0.05) is 19.3 Å². The van der Waals surface area contributed by atoms with Crippen LogP contribution in [0.3, 0.4) is 0 Å². The molecule has 22 heavy (non-hydrogen) atoms. The van der Waals surface area contributed by atoms with Gasteiger partial charge in [-0.1, -0.05) is 30.3 Å². The van der Waals surface area contributed by atoms with Gasteiger partial charge in [0.05, 0.1) is 6.07 Å². The second-order valence-electron chi connectivity index (χ2n) is 5.38. The van der Waals surface area contributed by atoms with Crippen LogP contribution in [0, 0.1) is 11.3 Å². The average molecular weight is 293 g/mol. The van der Waals surface area contributed by atoms with Crippen molar-refractivity contribution in [3.63, 3.8) is 0 Å². The van der Waals surface area contributed by atoms with E-state index in [0.29, 0.717) is 5.95 Å². The lowest BCUT2D eigenvalue weighted by Crippen LogP contribution is -2.28. The van der Waals surface area contributed by atoms with Crippen LogP contribution in [0.4, 0.5) is 11.8 Å². The van der Waals surface area contributed by atoms with E-state index in [4.69, 9.17) is 0 Å². The van der Waals surface area contributed by atoms with Gasteiger partial charge in [-0.15, -0.1) is 0 Å². The van der Waals surface area contributed by atoms with Gasteiger partial charge in [-0.25, -0.2) is 4.98 Å². The normalized spacial score (nSPS) is 17.2. The van der Waals surface area contributed by atoms with Crippen LogP contribution in [-0.2, 0) is 6.42 Å². The highest BCUT2D eigenvalue weighted by Crippen LogP contribution is 2.23. The molecule has 1 aliphatic heterocycles. The lowest BCUT2D eigenvalue weighted by Gasteiger charge is -2.20. The Kier molecular flexibility index (Phi) is 4.50. The lowest BCUT2D eigenvalue weighted by atomic mass is 10.1. The molecule has 112 valence electrons. The Morgan fingerprint density at radius 2 is 2.14 bits per heavy atom. The largest absolute Gasteiger partial charge is 0.354 e. The van der Waals surface area contributed by atoms with Crippen molar-refractivity contribution < 1.29 is 0 Å². The molecule has 1 aromatic carbocycles. The smallest absolute Gasteiger partial charge is 0.224 e. The third-order valence-electron chi connectivity index (χ3n) is 3.88. The molecule has 1 aromatic heterocycles. The minimum atomic E-state index is -0.0629. The first-order valence-corrected chi connectivity index (χ1v) is 7.64. The van der Waals surface area contributed by atoms with E-state index in [2.05, 4.69) is 38.4 Å². The van der Waals surface area contributed by atoms with E-state index in [1.807, 2.05) is 24.3 Å². The van der Waals surface area contributed by atoms with Crippen LogP contribution in [0.5, 0.6) is 0 Å². The zero-order chi connectivity index (χ0) is 15.2. The third-order valence-corrected chi connectivity index (χ3v) is 3.88. The minimum absolute atomic E-state index is 0.0629. The van der Waals surface area contributed by atoms with Gasteiger partial charge in [-0.05, 0) is 30.9 Å². The number of hydrogen-bond acceptors (Lipinski definition) is 5. The Hall–Kier alpha value is -2.61. The molecule has 2 aromatic rings. The van der Waals surface area contributed by atoms with E-state index in [-0.39, 0.29) is 6.04 Å². The second kappa shape index (κ2) is 6.90. The van der Waals surface area contributed by atoms with Crippen molar-refractivity contribution in [1.29, 1.82) is 5.26 Å². The fraction of sp³-hybridized carbons (Fsp3) is 0.353. The van der Waals surface area contributed by atoms with E-state index >= 15 is 0 Å². The summed E-state index contributed by atoms with van der Waals surface area (Å²) in [6.45, 7) is 1.67. The van der Waals surface area contributed by atoms with Gasteiger partial charge in [-0.2, -0.15) is 10.2 Å². The van der Waals surface area contributed by atoms with Gasteiger partial charge in [0.2, 0.25) is 5.95 Å². The molecule has 1 fully saturated rings. The van der Waals surface area contributed by atoms with Crippen molar-refractivity contribution in [1.82, 2.24) is 9.97 Å². The van der Waals surface area contributed by atoms with Crippen LogP contribution in [0.15, 0.2) is 42.6 Å². The maximum Gasteiger partial charge on any atom is 0.224 e. The Balaban J connectivity index is 1.61. The summed E-state index contributed by atoms with van der Waals surface area (Å²) in [5, 5.41) is 12.4. The summed E-state index contributed by atoms with van der Waals surface area (Å²) in [7, 11) is 0. The average Bonchev–Trinajstić information content (AvgIpc) is 3.05. The van der Waals surface area contributed by atoms with E-state index in [1.165, 1.54) is 5.56 Å². The highest BCUT2D eigenvalue weighted by atomic mass is 15.3. The fourth-order valence-electron chi connectivity index (χ4n) is 2.73. The number of nitrogens with zero attached hydrogens (tertiary/aromatic N) is 4. The molecule has 0 saturated carbocycles. The third kappa shape index (κ3) is 3.34. The highest BCUT2D eigenvalue weighted by molar-refractivity contribution is 5.46. The van der Waals surface area contributed by atoms with Crippen molar-refractivity contribution in [2.24, 2.45) is 0 Å². The van der Waals surface area contributed by atoms with Crippen LogP contribution in [-0.4, -0.2) is 29.1 Å². The van der Waals surface area contributed by atoms with E-state index in [1.54, 1.807) is 6.20 Å². The van der Waals surface area contributed by atoms with Crippen molar-refractivity contribution in [3.8, 4) is 6.07 Å². The lowest BCUT2D eigenvalue weighted by molar-refractivity contribution is 0.804. The van der Waals surface area contributed by atoms with E-state index in [9.17, 15) is 5.26 Å². The minimum Gasteiger partial charge on any atom is -0.354 e. The summed E-state index contributed by atoms with van der Waals surface area (Å²) in [6.07, 6.45) is 4.63. The molecule has 0 radical (unpaired) electrons. The first kappa shape index (κ1) is 14.3. The number of nitrogens with one attached hydrogen (secondary N) is 1. The number of nitriles is 1. The van der Waals surface area contributed by atoms with Gasteiger partial charge in [-0.3, -0.25) is 0 Å². The molecule has 0 aliphatic carbocycles. The standard InChI is InChI=1S/C17H19N5/c18-13-15-7-4-12-22(15)16-9-11-20-17(21-16)19-10-8-14-5-2-1-3-6-14/h1-3,5-6,9,11,15H,4,7-8,10,12H2,(H,19,20,21)/t15-/m0/s1. The molecule has 0 unspecified atom stereocenters. The quantitative estimate of drug-likeness (QED) is 0.918. The second-order valence-corrected chi connectivity index (χ2v) is 5.38. The molecule has 2 heterocycles. The predicted octanol–water partition coefficient (Wildman–Crippen LogP) is 2.62. The summed E-state index contributed by atoms with van der Waals surface area (Å²) >= 11 is 0. The van der Waals surface area contributed by atoms with Crippen molar-refractivity contribution in [3.05, 3.63) is 48.2 Å². The molecule has 3 rings (SSSR count). The van der Waals surface area contributed by atoms with Crippen LogP contribution in [0.25, 0.3) is 0 Å². The zero-order valence-electron chi connectivity index (χ0n) is 12.4. The van der Waals surface area contributed by atoms with Gasteiger partial charge in [0.15, 0.2) is 0 Å². The van der Waals surface area contributed by atoms with Crippen molar-refractivity contribution in [2.45, 2.75) is 25.3 Å². The fourth-order valence-corrected chi connectivity index (χ4v) is 2.73. The van der Waals surface area contributed by atoms with Crippen LogP contribution < -0.4 is 10.2 Å². The monoisotopic (exact) mass is 293 g/mol. The van der Waals surface area contributed by atoms with Gasteiger partial charge >= 0.3 is 0 Å². The number of anilines is 2. The maximum atomic E-state index is 9.18. The van der Waals surface area contributed by atoms with Crippen LogP contribution in [0.2, 0.25) is 0 Å². The molecule has 1 atom stereocenters. The number of rotatable bonds is 5. The molecule has 1 N–H and O–H groups in total. The Morgan fingerprint density at radius 1 is 1.27 bits per heavy atom. The Morgan fingerprint density at radius 3 is 2.95 bits per heavy atom. The van der Waals surface area contributed by atoms with Crippen molar-refractivity contribution in [2.75, 3.05) is 23.3 Å². The van der Waals surface area contributed by atoms with E-state index in [0.717, 1.165) is 38.2 Å². The topological polar surface area (TPSA) is 64.8 Å². The highest BCUT2D eigenvalue weighted by Gasteiger charge is 2.25. The molecule has 1 aliphatic rings. The molecule has 0 amide bonds. The first-order chi connectivity index (χ1) is 10.9. The molecule has 5 nitrogen and oxygen atoms in total. The van der Waals surface area contributed by atoms with Crippen molar-refractivity contribution >= 4 is 11.8 Å². The van der Waals surface area contributed by atoms with Gasteiger partial charge in [0.1, 0.15) is 11.9 Å². The summed E-state index contributed by atoms with van der Waals surface area (Å²) in [5.74, 6) is 1.46. The zero-order valence-corrected chi connectivity index (χ0v) is 12.4. The van der Waals surface area contributed by atoms with Crippen LogP contribution in [0.1, 0.15) is 18.4 Å². The molecule has 0 spiro atoms. The first-order valence-electron chi connectivity index (χ1n) is 7.64. The SMILES string of the molecule is N#C[C@@H]1CCCN1c1ccnc(NCCc2ccccc2)n1. The number of benzene rings is 1. The maximum absolute atomic E-state index is 9.18. The summed E-state index contributed by atoms with van der Waals surface area (Å²) < 4.78 is 0. The molecular formula is C17H19N5. The van der Waals surface area contributed by atoms with Crippen LogP contribution >= 0.6 is 0 Å². The van der Waals surface area contributed by atoms with Gasteiger partial charge < -0.3 is 10.2 Å². The summed E-state index contributed by atoms with van der Waals surface area (Å²) in [4.78, 5) is 10.9. The molecular weight excluding hydrogens is 274 g/mol. The van der Waals surface area contributed by atoms with E-state index < -0.39 is 0 Å². The summed E-state index contributed by atoms with van der Waals surface area (Å²) in [6, 6.07) is 14.5. The van der Waals surface area contributed by atoms with Gasteiger partial charge in [0.25, 0.3) is 0 Å². The molecule has 1 saturated heterocycles. The Labute approximate surface area is 130 Å². The molecule has 5 heteroatoms.